The van der Waals surface area contributed by atoms with Gasteiger partial charge in [0.25, 0.3) is 6.33 Å². The number of aliphatic hydroxyl groups excluding tert-OH is 1. The van der Waals surface area contributed by atoms with E-state index in [1.165, 1.54) is 22.4 Å². The van der Waals surface area contributed by atoms with Gasteiger partial charge in [-0.3, -0.25) is 0 Å². The summed E-state index contributed by atoms with van der Waals surface area (Å²) in [6.07, 6.45) is 7.32. The number of rotatable bonds is 5. The van der Waals surface area contributed by atoms with Crippen molar-refractivity contribution in [1.82, 2.24) is 4.57 Å². The quantitative estimate of drug-likeness (QED) is 0.308. The topological polar surface area (TPSA) is 29.0 Å². The fourth-order valence-electron chi connectivity index (χ4n) is 2.89. The number of nitrogens with zero attached hydrogens (tertiary/aromatic N) is 2. The summed E-state index contributed by atoms with van der Waals surface area (Å²) < 4.78 is 63.2. The van der Waals surface area contributed by atoms with Gasteiger partial charge in [0.2, 0.25) is 0 Å². The van der Waals surface area contributed by atoms with E-state index in [0.29, 0.717) is 5.92 Å². The van der Waals surface area contributed by atoms with Gasteiger partial charge in [-0.15, -0.1) is 0 Å². The van der Waals surface area contributed by atoms with Gasteiger partial charge in [-0.25, -0.2) is 9.13 Å². The second-order valence-corrected chi connectivity index (χ2v) is 9.34. The third-order valence-electron chi connectivity index (χ3n) is 3.90. The second-order valence-electron chi connectivity index (χ2n) is 7.43. The minimum absolute atomic E-state index is 0.445. The molecule has 0 aliphatic carbocycles. The van der Waals surface area contributed by atoms with Crippen molar-refractivity contribution in [2.24, 2.45) is 5.92 Å². The molecule has 3 nitrogen and oxygen atoms in total. The molecule has 0 fully saturated rings. The van der Waals surface area contributed by atoms with Crippen molar-refractivity contribution >= 4 is 7.81 Å². The van der Waals surface area contributed by atoms with Crippen LogP contribution in [0.3, 0.4) is 0 Å². The number of aryl methyl sites for hydroxylation is 3. The molecule has 10 heteroatoms. The molecule has 0 saturated heterocycles. The number of aromatic nitrogens is 2. The molecule has 0 bridgehead atoms. The molecule has 0 amide bonds. The molecule has 0 unspecified atom stereocenters. The van der Waals surface area contributed by atoms with Crippen LogP contribution in [0.5, 0.6) is 0 Å². The number of benzene rings is 1. The zero-order valence-electron chi connectivity index (χ0n) is 16.5. The Morgan fingerprint density at radius 1 is 0.964 bits per heavy atom. The van der Waals surface area contributed by atoms with Gasteiger partial charge >= 0.3 is 33.0 Å². The Hall–Kier alpha value is -1.60. The predicted molar refractivity (Wildman–Crippen MR) is 99.1 cm³/mol. The van der Waals surface area contributed by atoms with E-state index in [1.807, 2.05) is 23.3 Å². The average Bonchev–Trinajstić information content (AvgIpc) is 2.89. The first-order valence-electron chi connectivity index (χ1n) is 8.75. The summed E-state index contributed by atoms with van der Waals surface area (Å²) in [6, 6.07) is 4.39. The number of imidazole rings is 1. The summed E-state index contributed by atoms with van der Waals surface area (Å²) in [5, 5.41) is 10.3. The summed E-state index contributed by atoms with van der Waals surface area (Å²) in [5.41, 5.74) is 5.00. The van der Waals surface area contributed by atoms with Crippen LogP contribution in [0.25, 0.3) is 5.69 Å². The Balaban J connectivity index is 0.000000480. The summed E-state index contributed by atoms with van der Waals surface area (Å²) in [4.78, 5) is 0. The molecular weight excluding hydrogens is 405 g/mol. The van der Waals surface area contributed by atoms with E-state index in [4.69, 9.17) is 0 Å². The van der Waals surface area contributed by atoms with Crippen LogP contribution in [0, 0.1) is 26.7 Å². The first-order valence-corrected chi connectivity index (χ1v) is 10.8. The fourth-order valence-corrected chi connectivity index (χ4v) is 2.89. The van der Waals surface area contributed by atoms with Crippen molar-refractivity contribution in [3.8, 4) is 5.69 Å². The Bertz CT molecular complexity index is 781. The Morgan fingerprint density at radius 3 is 1.86 bits per heavy atom. The second kappa shape index (κ2) is 7.67. The molecule has 1 N–H and O–H groups in total. The first kappa shape index (κ1) is 24.4. The van der Waals surface area contributed by atoms with Gasteiger partial charge in [-0.2, -0.15) is 0 Å². The van der Waals surface area contributed by atoms with Crippen molar-refractivity contribution in [3.63, 3.8) is 0 Å². The maximum absolute atomic E-state index is 10.7. The van der Waals surface area contributed by atoms with Gasteiger partial charge in [-0.1, -0.05) is 31.5 Å². The van der Waals surface area contributed by atoms with E-state index in [0.717, 1.165) is 12.8 Å². The van der Waals surface area contributed by atoms with Crippen molar-refractivity contribution in [3.05, 3.63) is 47.5 Å². The van der Waals surface area contributed by atoms with Crippen LogP contribution in [-0.2, 0) is 0 Å². The first-order chi connectivity index (χ1) is 12.3. The normalized spacial score (nSPS) is 15.5. The zero-order valence-corrected chi connectivity index (χ0v) is 17.4. The zero-order chi connectivity index (χ0) is 22.0. The van der Waals surface area contributed by atoms with Crippen molar-refractivity contribution in [2.45, 2.75) is 53.7 Å². The van der Waals surface area contributed by atoms with Crippen LogP contribution in [0.1, 0.15) is 49.6 Å². The fraction of sp³-hybridized carbons (Fsp3) is 0.500. The molecule has 1 aromatic carbocycles. The Labute approximate surface area is 160 Å². The van der Waals surface area contributed by atoms with E-state index in [2.05, 4.69) is 51.3 Å². The van der Waals surface area contributed by atoms with Gasteiger partial charge in [0, 0.05) is 6.42 Å². The van der Waals surface area contributed by atoms with E-state index in [1.54, 1.807) is 0 Å². The van der Waals surface area contributed by atoms with E-state index >= 15 is 0 Å². The van der Waals surface area contributed by atoms with Gasteiger partial charge in [0.05, 0.1) is 0 Å². The van der Waals surface area contributed by atoms with Crippen LogP contribution in [0.2, 0.25) is 0 Å². The molecule has 1 heterocycles. The summed E-state index contributed by atoms with van der Waals surface area (Å²) >= 11 is 0. The third kappa shape index (κ3) is 10.1. The van der Waals surface area contributed by atoms with Gasteiger partial charge < -0.3 is 5.11 Å². The Morgan fingerprint density at radius 2 is 1.43 bits per heavy atom. The summed E-state index contributed by atoms with van der Waals surface area (Å²) in [6.45, 7) is 10.8. The molecule has 0 radical (unpaired) electrons. The molecule has 2 rings (SSSR count). The molecule has 0 aliphatic rings. The van der Waals surface area contributed by atoms with E-state index in [9.17, 15) is 30.3 Å². The monoisotopic (exact) mass is 432 g/mol. The molecule has 162 valence electrons. The van der Waals surface area contributed by atoms with Crippen LogP contribution >= 0.6 is 7.81 Å². The van der Waals surface area contributed by atoms with Crippen molar-refractivity contribution in [2.75, 3.05) is 0 Å². The van der Waals surface area contributed by atoms with Gasteiger partial charge in [0.15, 0.2) is 6.23 Å². The maximum atomic E-state index is 10.3. The van der Waals surface area contributed by atoms with Crippen LogP contribution in [0.4, 0.5) is 25.2 Å². The standard InChI is InChI=1S/C18H27N2O.F6P/c1-13(2)6-7-17(21)19-8-9-20(12-19)18-15(4)10-14(3)11-16(18)5;1-7(2,3,4,5)6/h8-13,17,21H,6-7H2,1-5H3;/q+1;-1/t17-;/m0./s1. The molecular formula is C18H27F6N2OP. The number of halogens is 6. The molecule has 1 atom stereocenters. The van der Waals surface area contributed by atoms with Crippen LogP contribution in [-0.4, -0.2) is 9.67 Å². The summed E-state index contributed by atoms with van der Waals surface area (Å²) in [5.74, 6) is 0.615. The number of hydrogen-bond donors (Lipinski definition) is 1. The van der Waals surface area contributed by atoms with Crippen molar-refractivity contribution < 1.29 is 34.9 Å². The number of hydrogen-bond acceptors (Lipinski definition) is 1. The van der Waals surface area contributed by atoms with E-state index < -0.39 is 14.0 Å². The Kier molecular flexibility index (Phi) is 6.70. The molecule has 2 aromatic rings. The third-order valence-corrected chi connectivity index (χ3v) is 3.90. The SMILES string of the molecule is Cc1cc(C)c(-n2cc[n+]([C@@H](O)CCC(C)C)c2)c(C)c1.F[P-](F)(F)(F)(F)F. The van der Waals surface area contributed by atoms with Gasteiger partial charge in [0.1, 0.15) is 18.1 Å². The van der Waals surface area contributed by atoms with Crippen LogP contribution < -0.4 is 4.57 Å². The van der Waals surface area contributed by atoms with E-state index in [-0.39, 0.29) is 0 Å². The predicted octanol–water partition coefficient (Wildman–Crippen LogP) is 7.00. The van der Waals surface area contributed by atoms with Gasteiger partial charge in [-0.05, 0) is 44.2 Å². The molecule has 1 aromatic heterocycles. The molecule has 0 saturated carbocycles. The van der Waals surface area contributed by atoms with Crippen LogP contribution in [0.15, 0.2) is 30.9 Å². The molecule has 28 heavy (non-hydrogen) atoms. The van der Waals surface area contributed by atoms with Crippen molar-refractivity contribution in [1.29, 1.82) is 0 Å². The minimum atomic E-state index is -10.7. The summed E-state index contributed by atoms with van der Waals surface area (Å²) in [7, 11) is -10.7. The molecule has 0 aliphatic heterocycles. The number of aliphatic hydroxyl groups is 1. The molecule has 0 spiro atoms. The average molecular weight is 432 g/mol.